The highest BCUT2D eigenvalue weighted by Gasteiger charge is 2.36. The van der Waals surface area contributed by atoms with Gasteiger partial charge in [-0.1, -0.05) is 11.6 Å². The molecule has 0 spiro atoms. The molecule has 2 rings (SSSR count). The van der Waals surface area contributed by atoms with Gasteiger partial charge in [-0.2, -0.15) is 17.5 Å². The van der Waals surface area contributed by atoms with Crippen molar-refractivity contribution in [3.63, 3.8) is 0 Å². The zero-order valence-electron chi connectivity index (χ0n) is 18.1. The monoisotopic (exact) mass is 499 g/mol. The molecule has 2 amide bonds. The Morgan fingerprint density at radius 3 is 2.19 bits per heavy atom. The Kier molecular flexibility index (Phi) is 7.73. The first-order valence-electron chi connectivity index (χ1n) is 9.61. The topological polar surface area (TPSA) is 87.2 Å². The minimum atomic E-state index is -4.80. The van der Waals surface area contributed by atoms with Gasteiger partial charge in [0.1, 0.15) is 12.1 Å². The molecule has 0 radical (unpaired) electrons. The molecule has 1 aliphatic rings. The Bertz CT molecular complexity index is 971. The maximum absolute atomic E-state index is 13.1. The molecule has 1 aliphatic heterocycles. The number of ether oxygens (including phenoxy) is 1. The molecule has 0 bridgehead atoms. The molecule has 0 N–H and O–H groups in total. The third kappa shape index (κ3) is 6.48. The van der Waals surface area contributed by atoms with E-state index in [1.54, 1.807) is 20.8 Å². The van der Waals surface area contributed by atoms with Crippen LogP contribution in [0.1, 0.15) is 26.3 Å². The van der Waals surface area contributed by atoms with Gasteiger partial charge in [-0.3, -0.25) is 4.79 Å². The van der Waals surface area contributed by atoms with E-state index in [-0.39, 0.29) is 32.7 Å². The van der Waals surface area contributed by atoms with E-state index >= 15 is 0 Å². The number of amides is 2. The fraction of sp³-hybridized carbons (Fsp3) is 0.579. The van der Waals surface area contributed by atoms with Crippen molar-refractivity contribution in [1.29, 1.82) is 0 Å². The van der Waals surface area contributed by atoms with Gasteiger partial charge in [0.25, 0.3) is 0 Å². The molecule has 1 saturated heterocycles. The number of nitrogens with zero attached hydrogens (tertiary/aromatic N) is 3. The van der Waals surface area contributed by atoms with Gasteiger partial charge in [-0.05, 0) is 39.0 Å². The minimum absolute atomic E-state index is 0.0277. The molecule has 32 heavy (non-hydrogen) atoms. The molecule has 0 saturated carbocycles. The maximum Gasteiger partial charge on any atom is 0.417 e. The van der Waals surface area contributed by atoms with Crippen LogP contribution in [0.25, 0.3) is 0 Å². The van der Waals surface area contributed by atoms with Crippen molar-refractivity contribution < 1.29 is 35.9 Å². The van der Waals surface area contributed by atoms with Crippen molar-refractivity contribution in [2.75, 3.05) is 39.8 Å². The van der Waals surface area contributed by atoms with Crippen LogP contribution in [-0.4, -0.2) is 79.9 Å². The van der Waals surface area contributed by atoms with Crippen molar-refractivity contribution in [2.45, 2.75) is 37.4 Å². The molecule has 0 atom stereocenters. The largest absolute Gasteiger partial charge is 0.444 e. The first-order chi connectivity index (χ1) is 14.5. The third-order valence-corrected chi connectivity index (χ3v) is 6.77. The highest BCUT2D eigenvalue weighted by atomic mass is 35.5. The van der Waals surface area contributed by atoms with Crippen LogP contribution in [0.5, 0.6) is 0 Å². The van der Waals surface area contributed by atoms with E-state index in [0.717, 1.165) is 21.3 Å². The first kappa shape index (κ1) is 26.2. The zero-order valence-corrected chi connectivity index (χ0v) is 19.6. The van der Waals surface area contributed by atoms with Crippen LogP contribution in [0.15, 0.2) is 23.1 Å². The van der Waals surface area contributed by atoms with Crippen molar-refractivity contribution in [3.8, 4) is 0 Å². The number of halogens is 4. The predicted molar refractivity (Wildman–Crippen MR) is 111 cm³/mol. The number of sulfonamides is 1. The van der Waals surface area contributed by atoms with Gasteiger partial charge in [0.05, 0.1) is 15.5 Å². The van der Waals surface area contributed by atoms with Gasteiger partial charge < -0.3 is 14.5 Å². The van der Waals surface area contributed by atoms with Crippen LogP contribution in [0, 0.1) is 0 Å². The summed E-state index contributed by atoms with van der Waals surface area (Å²) >= 11 is 5.56. The highest BCUT2D eigenvalue weighted by Crippen LogP contribution is 2.36. The van der Waals surface area contributed by atoms with Crippen LogP contribution < -0.4 is 0 Å². The molecule has 0 aliphatic carbocycles. The second-order valence-corrected chi connectivity index (χ2v) is 10.6. The van der Waals surface area contributed by atoms with E-state index in [4.69, 9.17) is 16.3 Å². The third-order valence-electron chi connectivity index (χ3n) is 4.55. The molecule has 1 heterocycles. The summed E-state index contributed by atoms with van der Waals surface area (Å²) in [5.41, 5.74) is -1.96. The van der Waals surface area contributed by atoms with Crippen LogP contribution in [-0.2, 0) is 25.7 Å². The van der Waals surface area contributed by atoms with Crippen molar-refractivity contribution in [1.82, 2.24) is 14.1 Å². The molecular formula is C19H25ClF3N3O5S. The lowest BCUT2D eigenvalue weighted by Crippen LogP contribution is -2.52. The molecule has 0 unspecified atom stereocenters. The van der Waals surface area contributed by atoms with Gasteiger partial charge in [0.15, 0.2) is 0 Å². The smallest absolute Gasteiger partial charge is 0.417 e. The summed E-state index contributed by atoms with van der Waals surface area (Å²) in [7, 11) is -2.81. The molecule has 13 heteroatoms. The lowest BCUT2D eigenvalue weighted by Gasteiger charge is -2.35. The van der Waals surface area contributed by atoms with Gasteiger partial charge in [-0.15, -0.1) is 0 Å². The van der Waals surface area contributed by atoms with E-state index in [9.17, 15) is 31.2 Å². The summed E-state index contributed by atoms with van der Waals surface area (Å²) in [5, 5.41) is -0.596. The Morgan fingerprint density at radius 1 is 1.12 bits per heavy atom. The molecule has 1 aromatic rings. The number of likely N-dealkylation sites (N-methyl/N-ethyl adjacent to an activating group) is 1. The fourth-order valence-corrected chi connectivity index (χ4v) is 4.59. The lowest BCUT2D eigenvalue weighted by atomic mass is 10.2. The van der Waals surface area contributed by atoms with Crippen LogP contribution in [0.3, 0.4) is 0 Å². The van der Waals surface area contributed by atoms with E-state index in [0.29, 0.717) is 6.07 Å². The van der Waals surface area contributed by atoms with Crippen molar-refractivity contribution in [2.24, 2.45) is 0 Å². The molecule has 1 aromatic carbocycles. The average molecular weight is 500 g/mol. The summed E-state index contributed by atoms with van der Waals surface area (Å²) in [5.74, 6) is -0.402. The summed E-state index contributed by atoms with van der Waals surface area (Å²) in [6.45, 7) is 4.67. The second-order valence-electron chi connectivity index (χ2n) is 8.26. The van der Waals surface area contributed by atoms with Gasteiger partial charge in [-0.25, -0.2) is 13.2 Å². The van der Waals surface area contributed by atoms with E-state index < -0.39 is 49.3 Å². The first-order valence-corrected chi connectivity index (χ1v) is 11.4. The zero-order chi connectivity index (χ0) is 24.5. The maximum atomic E-state index is 13.1. The van der Waals surface area contributed by atoms with E-state index in [2.05, 4.69) is 0 Å². The number of carbonyl (C=O) groups is 2. The molecule has 1 fully saturated rings. The molecule has 180 valence electrons. The number of carbonyl (C=O) groups excluding carboxylic acids is 2. The van der Waals surface area contributed by atoms with E-state index in [1.807, 2.05) is 0 Å². The standard InChI is InChI=1S/C19H25ClF3N3O5S/c1-18(2,3)31-17(28)24(4)12-16(27)25-7-9-26(10-8-25)32(29,30)13-5-6-15(20)14(11-13)19(21,22)23/h5-6,11H,7-10,12H2,1-4H3. The number of alkyl halides is 3. The van der Waals surface area contributed by atoms with Crippen molar-refractivity contribution >= 4 is 33.6 Å². The van der Waals surface area contributed by atoms with Crippen LogP contribution >= 0.6 is 11.6 Å². The van der Waals surface area contributed by atoms with Crippen LogP contribution in [0.2, 0.25) is 5.02 Å². The second kappa shape index (κ2) is 9.44. The van der Waals surface area contributed by atoms with Gasteiger partial charge in [0, 0.05) is 33.2 Å². The SMILES string of the molecule is CN(CC(=O)N1CCN(S(=O)(=O)c2ccc(Cl)c(C(F)(F)F)c2)CC1)C(=O)OC(C)(C)C. The predicted octanol–water partition coefficient (Wildman–Crippen LogP) is 3.06. The minimum Gasteiger partial charge on any atom is -0.444 e. The van der Waals surface area contributed by atoms with Crippen molar-refractivity contribution in [3.05, 3.63) is 28.8 Å². The fourth-order valence-electron chi connectivity index (χ4n) is 2.92. The quantitative estimate of drug-likeness (QED) is 0.635. The Hall–Kier alpha value is -2.05. The molecular weight excluding hydrogens is 475 g/mol. The number of hydrogen-bond donors (Lipinski definition) is 0. The average Bonchev–Trinajstić information content (AvgIpc) is 2.66. The summed E-state index contributed by atoms with van der Waals surface area (Å²) in [6.07, 6.45) is -5.47. The Balaban J connectivity index is 2.03. The number of benzene rings is 1. The Morgan fingerprint density at radius 2 is 1.69 bits per heavy atom. The number of piperazine rings is 1. The van der Waals surface area contributed by atoms with Crippen LogP contribution in [0.4, 0.5) is 18.0 Å². The molecule has 0 aromatic heterocycles. The molecule has 8 nitrogen and oxygen atoms in total. The summed E-state index contributed by atoms with van der Waals surface area (Å²) < 4.78 is 71.0. The van der Waals surface area contributed by atoms with Gasteiger partial charge in [0.2, 0.25) is 15.9 Å². The number of rotatable bonds is 4. The van der Waals surface area contributed by atoms with E-state index in [1.165, 1.54) is 11.9 Å². The highest BCUT2D eigenvalue weighted by molar-refractivity contribution is 7.89. The normalized spacial score (nSPS) is 16.1. The summed E-state index contributed by atoms with van der Waals surface area (Å²) in [4.78, 5) is 26.4. The van der Waals surface area contributed by atoms with Gasteiger partial charge >= 0.3 is 12.3 Å². The lowest BCUT2D eigenvalue weighted by molar-refractivity contribution is -0.137. The summed E-state index contributed by atoms with van der Waals surface area (Å²) in [6, 6.07) is 2.41. The Labute approximate surface area is 189 Å². The number of hydrogen-bond acceptors (Lipinski definition) is 5.